The second-order valence-electron chi connectivity index (χ2n) is 4.60. The van der Waals surface area contributed by atoms with Gasteiger partial charge in [0.15, 0.2) is 0 Å². The maximum Gasteiger partial charge on any atom is 0.0587 e. The second kappa shape index (κ2) is 6.01. The number of benzene rings is 1. The Morgan fingerprint density at radius 1 is 1.41 bits per heavy atom. The first-order chi connectivity index (χ1) is 8.19. The van der Waals surface area contributed by atoms with E-state index in [0.717, 1.165) is 21.1 Å². The van der Waals surface area contributed by atoms with Gasteiger partial charge in [-0.3, -0.25) is 0 Å². The first-order valence-corrected chi connectivity index (χ1v) is 8.11. The molecule has 1 aromatic rings. The third-order valence-corrected chi connectivity index (χ3v) is 4.92. The maximum absolute atomic E-state index is 5.99. The van der Waals surface area contributed by atoms with Crippen LogP contribution < -0.4 is 11.1 Å². The van der Waals surface area contributed by atoms with Gasteiger partial charge in [0.05, 0.1) is 11.4 Å². The Morgan fingerprint density at radius 2 is 2.24 bits per heavy atom. The van der Waals surface area contributed by atoms with Crippen molar-refractivity contribution in [3.63, 3.8) is 0 Å². The number of hydrogen-bond donors (Lipinski definition) is 2. The Bertz CT molecular complexity index is 384. The summed E-state index contributed by atoms with van der Waals surface area (Å²) in [5.41, 5.74) is 7.88. The molecule has 94 valence electrons. The Labute approximate surface area is 116 Å². The molecule has 3 N–H and O–H groups in total. The zero-order valence-corrected chi connectivity index (χ0v) is 12.5. The summed E-state index contributed by atoms with van der Waals surface area (Å²) in [6.45, 7) is 0. The molecular formula is C13H19BrN2S. The number of anilines is 2. The van der Waals surface area contributed by atoms with Crippen LogP contribution in [0, 0.1) is 0 Å². The lowest BCUT2D eigenvalue weighted by Crippen LogP contribution is -2.28. The molecule has 4 heteroatoms. The molecule has 0 amide bonds. The average Bonchev–Trinajstić information content (AvgIpc) is 2.34. The molecule has 1 aromatic carbocycles. The molecule has 0 heterocycles. The van der Waals surface area contributed by atoms with Gasteiger partial charge < -0.3 is 11.1 Å². The summed E-state index contributed by atoms with van der Waals surface area (Å²) < 4.78 is 1.08. The summed E-state index contributed by atoms with van der Waals surface area (Å²) >= 11 is 5.47. The molecule has 2 rings (SSSR count). The highest BCUT2D eigenvalue weighted by atomic mass is 79.9. The fourth-order valence-corrected chi connectivity index (χ4v) is 3.55. The molecule has 0 saturated heterocycles. The molecule has 17 heavy (non-hydrogen) atoms. The van der Waals surface area contributed by atoms with Crippen molar-refractivity contribution < 1.29 is 0 Å². The van der Waals surface area contributed by atoms with Gasteiger partial charge in [0.1, 0.15) is 0 Å². The number of thioether (sulfide) groups is 1. The molecule has 2 nitrogen and oxygen atoms in total. The van der Waals surface area contributed by atoms with Crippen LogP contribution >= 0.6 is 27.7 Å². The van der Waals surface area contributed by atoms with Crippen LogP contribution in [0.4, 0.5) is 11.4 Å². The topological polar surface area (TPSA) is 38.0 Å². The molecule has 0 bridgehead atoms. The van der Waals surface area contributed by atoms with Crippen molar-refractivity contribution in [2.45, 2.75) is 37.0 Å². The highest BCUT2D eigenvalue weighted by Crippen LogP contribution is 2.31. The molecule has 2 unspecified atom stereocenters. The Morgan fingerprint density at radius 3 is 3.00 bits per heavy atom. The Kier molecular flexibility index (Phi) is 4.62. The third kappa shape index (κ3) is 3.55. The van der Waals surface area contributed by atoms with E-state index in [2.05, 4.69) is 33.6 Å². The van der Waals surface area contributed by atoms with Gasteiger partial charge in [-0.15, -0.1) is 0 Å². The van der Waals surface area contributed by atoms with Crippen LogP contribution in [0.5, 0.6) is 0 Å². The normalized spacial score (nSPS) is 24.6. The minimum absolute atomic E-state index is 0.567. The van der Waals surface area contributed by atoms with E-state index in [1.54, 1.807) is 0 Å². The number of halogens is 1. The van der Waals surface area contributed by atoms with Crippen molar-refractivity contribution in [3.8, 4) is 0 Å². The number of hydrogen-bond acceptors (Lipinski definition) is 3. The summed E-state index contributed by atoms with van der Waals surface area (Å²) in [5.74, 6) is 0. The summed E-state index contributed by atoms with van der Waals surface area (Å²) in [5, 5.41) is 4.39. The molecule has 0 aromatic heterocycles. The van der Waals surface area contributed by atoms with E-state index in [9.17, 15) is 0 Å². The summed E-state index contributed by atoms with van der Waals surface area (Å²) in [6, 6.07) is 6.56. The van der Waals surface area contributed by atoms with E-state index in [0.29, 0.717) is 6.04 Å². The fourth-order valence-electron chi connectivity index (χ4n) is 2.36. The minimum atomic E-state index is 0.567. The molecule has 1 aliphatic rings. The second-order valence-corrected chi connectivity index (χ2v) is 6.65. The highest BCUT2D eigenvalue weighted by molar-refractivity contribution is 9.10. The molecule has 0 spiro atoms. The molecule has 1 saturated carbocycles. The number of nitrogens with one attached hydrogen (secondary N) is 1. The van der Waals surface area contributed by atoms with Crippen LogP contribution in [0.15, 0.2) is 22.7 Å². The van der Waals surface area contributed by atoms with Crippen LogP contribution in [-0.2, 0) is 0 Å². The molecule has 1 fully saturated rings. The predicted molar refractivity (Wildman–Crippen MR) is 81.7 cm³/mol. The average molecular weight is 315 g/mol. The molecular weight excluding hydrogens is 296 g/mol. The standard InChI is InChI=1S/C13H19BrN2S/c1-17-11-4-2-3-10(8-11)16-13-7-9(14)5-6-12(13)15/h5-7,10-11,16H,2-4,8,15H2,1H3. The summed E-state index contributed by atoms with van der Waals surface area (Å²) in [4.78, 5) is 0. The molecule has 1 aliphatic carbocycles. The van der Waals surface area contributed by atoms with E-state index >= 15 is 0 Å². The third-order valence-electron chi connectivity index (χ3n) is 3.33. The van der Waals surface area contributed by atoms with Gasteiger partial charge in [0.2, 0.25) is 0 Å². The monoisotopic (exact) mass is 314 g/mol. The van der Waals surface area contributed by atoms with Crippen LogP contribution in [0.3, 0.4) is 0 Å². The van der Waals surface area contributed by atoms with Crippen molar-refractivity contribution in [2.24, 2.45) is 0 Å². The van der Waals surface area contributed by atoms with E-state index in [1.807, 2.05) is 23.9 Å². The number of rotatable bonds is 3. The minimum Gasteiger partial charge on any atom is -0.397 e. The lowest BCUT2D eigenvalue weighted by molar-refractivity contribution is 0.474. The van der Waals surface area contributed by atoms with Crippen LogP contribution in [0.25, 0.3) is 0 Å². The van der Waals surface area contributed by atoms with Gasteiger partial charge in [-0.1, -0.05) is 22.4 Å². The zero-order chi connectivity index (χ0) is 12.3. The van der Waals surface area contributed by atoms with E-state index in [-0.39, 0.29) is 0 Å². The number of nitrogens with two attached hydrogens (primary N) is 1. The van der Waals surface area contributed by atoms with Gasteiger partial charge in [0.25, 0.3) is 0 Å². The summed E-state index contributed by atoms with van der Waals surface area (Å²) in [7, 11) is 0. The SMILES string of the molecule is CSC1CCCC(Nc2cc(Br)ccc2N)C1. The van der Waals surface area contributed by atoms with Crippen molar-refractivity contribution in [3.05, 3.63) is 22.7 Å². The highest BCUT2D eigenvalue weighted by Gasteiger charge is 2.21. The van der Waals surface area contributed by atoms with Gasteiger partial charge in [-0.2, -0.15) is 11.8 Å². The number of nitrogen functional groups attached to an aromatic ring is 1. The van der Waals surface area contributed by atoms with Crippen LogP contribution in [0.1, 0.15) is 25.7 Å². The first-order valence-electron chi connectivity index (χ1n) is 6.03. The Balaban J connectivity index is 2.02. The summed E-state index contributed by atoms with van der Waals surface area (Å²) in [6.07, 6.45) is 7.38. The Hall–Kier alpha value is -0.350. The van der Waals surface area contributed by atoms with Crippen molar-refractivity contribution in [2.75, 3.05) is 17.3 Å². The maximum atomic E-state index is 5.99. The van der Waals surface area contributed by atoms with Gasteiger partial charge in [-0.25, -0.2) is 0 Å². The molecule has 2 atom stereocenters. The van der Waals surface area contributed by atoms with Gasteiger partial charge in [0, 0.05) is 15.8 Å². The van der Waals surface area contributed by atoms with Crippen molar-refractivity contribution in [1.82, 2.24) is 0 Å². The van der Waals surface area contributed by atoms with Gasteiger partial charge in [-0.05, 0) is 43.7 Å². The largest absolute Gasteiger partial charge is 0.397 e. The lowest BCUT2D eigenvalue weighted by atomic mass is 9.94. The van der Waals surface area contributed by atoms with Crippen LogP contribution in [0.2, 0.25) is 0 Å². The van der Waals surface area contributed by atoms with E-state index in [4.69, 9.17) is 5.73 Å². The fraction of sp³-hybridized carbons (Fsp3) is 0.538. The van der Waals surface area contributed by atoms with E-state index < -0.39 is 0 Å². The molecule has 0 radical (unpaired) electrons. The van der Waals surface area contributed by atoms with Gasteiger partial charge >= 0.3 is 0 Å². The quantitative estimate of drug-likeness (QED) is 0.824. The smallest absolute Gasteiger partial charge is 0.0587 e. The van der Waals surface area contributed by atoms with Crippen molar-refractivity contribution >= 4 is 39.1 Å². The lowest BCUT2D eigenvalue weighted by Gasteiger charge is -2.29. The van der Waals surface area contributed by atoms with Crippen molar-refractivity contribution in [1.29, 1.82) is 0 Å². The predicted octanol–water partition coefficient (Wildman–Crippen LogP) is 4.12. The zero-order valence-electron chi connectivity index (χ0n) is 10.1. The molecule has 0 aliphatic heterocycles. The first kappa shape index (κ1) is 13.1. The van der Waals surface area contributed by atoms with E-state index in [1.165, 1.54) is 25.7 Å². The van der Waals surface area contributed by atoms with Crippen LogP contribution in [-0.4, -0.2) is 17.5 Å².